The fraction of sp³-hybridized carbons (Fsp3) is 0.704. The summed E-state index contributed by atoms with van der Waals surface area (Å²) < 4.78 is 11.3. The molecule has 1 aromatic carbocycles. The van der Waals surface area contributed by atoms with Gasteiger partial charge in [-0.15, -0.1) is 0 Å². The van der Waals surface area contributed by atoms with Crippen molar-refractivity contribution in [3.63, 3.8) is 0 Å². The van der Waals surface area contributed by atoms with Crippen LogP contribution in [0.25, 0.3) is 0 Å². The molecule has 0 heterocycles. The van der Waals surface area contributed by atoms with Crippen LogP contribution in [0.3, 0.4) is 0 Å². The number of hydrogen-bond donors (Lipinski definition) is 0. The van der Waals surface area contributed by atoms with E-state index in [1.807, 2.05) is 38.1 Å². The first-order valence-electron chi connectivity index (χ1n) is 12.4. The van der Waals surface area contributed by atoms with Crippen molar-refractivity contribution in [3.05, 3.63) is 35.4 Å². The molecule has 0 radical (unpaired) electrons. The summed E-state index contributed by atoms with van der Waals surface area (Å²) in [7, 11) is 0. The van der Waals surface area contributed by atoms with Gasteiger partial charge in [0.1, 0.15) is 0 Å². The molecular formula is C27H45NO4. The minimum Gasteiger partial charge on any atom is -0.462 e. The average Bonchev–Trinajstić information content (AvgIpc) is 2.77. The highest BCUT2D eigenvalue weighted by atomic mass is 16.6. The zero-order valence-corrected chi connectivity index (χ0v) is 21.4. The fourth-order valence-electron chi connectivity index (χ4n) is 4.15. The summed E-state index contributed by atoms with van der Waals surface area (Å²) in [6.45, 7) is 16.8. The van der Waals surface area contributed by atoms with Crippen molar-refractivity contribution in [3.8, 4) is 0 Å². The lowest BCUT2D eigenvalue weighted by molar-refractivity contribution is 0.0325. The van der Waals surface area contributed by atoms with Gasteiger partial charge in [-0.05, 0) is 74.5 Å². The average molecular weight is 448 g/mol. The van der Waals surface area contributed by atoms with E-state index >= 15 is 0 Å². The van der Waals surface area contributed by atoms with Gasteiger partial charge in [-0.2, -0.15) is 0 Å². The molecule has 182 valence electrons. The Bertz CT molecular complexity index is 665. The smallest absolute Gasteiger partial charge is 0.409 e. The highest BCUT2D eigenvalue weighted by Crippen LogP contribution is 2.31. The number of carbonyl (C=O) groups is 2. The second-order valence-electron chi connectivity index (χ2n) is 9.29. The molecule has 5 nitrogen and oxygen atoms in total. The number of ether oxygens (including phenoxy) is 2. The first-order chi connectivity index (χ1) is 15.2. The van der Waals surface area contributed by atoms with Crippen LogP contribution in [0.1, 0.15) is 83.7 Å². The summed E-state index contributed by atoms with van der Waals surface area (Å²) >= 11 is 0. The van der Waals surface area contributed by atoms with Crippen LogP contribution in [-0.4, -0.2) is 43.3 Å². The van der Waals surface area contributed by atoms with E-state index < -0.39 is 0 Å². The van der Waals surface area contributed by atoms with E-state index in [9.17, 15) is 9.59 Å². The van der Waals surface area contributed by atoms with Crippen molar-refractivity contribution in [2.24, 2.45) is 23.7 Å². The molecule has 0 aliphatic heterocycles. The summed E-state index contributed by atoms with van der Waals surface area (Å²) in [4.78, 5) is 26.5. The van der Waals surface area contributed by atoms with Gasteiger partial charge >= 0.3 is 12.1 Å². The van der Waals surface area contributed by atoms with Crippen LogP contribution < -0.4 is 0 Å². The van der Waals surface area contributed by atoms with Gasteiger partial charge in [0.2, 0.25) is 0 Å². The number of amides is 1. The molecular weight excluding hydrogens is 402 g/mol. The van der Waals surface area contributed by atoms with Crippen LogP contribution in [0.15, 0.2) is 24.3 Å². The van der Waals surface area contributed by atoms with E-state index in [2.05, 4.69) is 34.6 Å². The Morgan fingerprint density at radius 1 is 0.875 bits per heavy atom. The van der Waals surface area contributed by atoms with E-state index in [1.54, 1.807) is 4.90 Å². The van der Waals surface area contributed by atoms with E-state index in [0.717, 1.165) is 25.7 Å². The molecule has 5 heteroatoms. The summed E-state index contributed by atoms with van der Waals surface area (Å²) in [5, 5.41) is 0. The van der Waals surface area contributed by atoms with Crippen molar-refractivity contribution in [1.82, 2.24) is 4.90 Å². The lowest BCUT2D eigenvalue weighted by Crippen LogP contribution is -2.35. The maximum atomic E-state index is 12.5. The summed E-state index contributed by atoms with van der Waals surface area (Å²) in [6, 6.07) is 7.75. The molecule has 0 spiro atoms. The highest BCUT2D eigenvalue weighted by molar-refractivity contribution is 5.89. The normalized spacial score (nSPS) is 13.2. The van der Waals surface area contributed by atoms with Gasteiger partial charge in [-0.3, -0.25) is 0 Å². The van der Waals surface area contributed by atoms with Crippen molar-refractivity contribution in [2.75, 3.05) is 26.3 Å². The van der Waals surface area contributed by atoms with Crippen LogP contribution in [-0.2, 0) is 15.9 Å². The first kappa shape index (κ1) is 28.0. The van der Waals surface area contributed by atoms with Gasteiger partial charge in [0.05, 0.1) is 18.8 Å². The maximum absolute atomic E-state index is 12.5. The second-order valence-corrected chi connectivity index (χ2v) is 9.29. The largest absolute Gasteiger partial charge is 0.462 e. The lowest BCUT2D eigenvalue weighted by atomic mass is 9.76. The van der Waals surface area contributed by atoms with Crippen LogP contribution in [0, 0.1) is 23.7 Å². The Kier molecular flexibility index (Phi) is 13.0. The fourth-order valence-corrected chi connectivity index (χ4v) is 4.15. The molecule has 0 bridgehead atoms. The first-order valence-corrected chi connectivity index (χ1v) is 12.4. The number of esters is 1. The molecule has 0 fully saturated rings. The number of nitrogens with zero attached hydrogens (tertiary/aromatic N) is 1. The van der Waals surface area contributed by atoms with Crippen LogP contribution >= 0.6 is 0 Å². The number of aryl methyl sites for hydroxylation is 1. The van der Waals surface area contributed by atoms with Gasteiger partial charge in [0, 0.05) is 13.1 Å². The van der Waals surface area contributed by atoms with E-state index in [-0.39, 0.29) is 18.0 Å². The molecule has 0 saturated heterocycles. The minimum absolute atomic E-state index is 0.214. The Hall–Kier alpha value is -2.04. The lowest BCUT2D eigenvalue weighted by Gasteiger charge is -2.33. The Morgan fingerprint density at radius 2 is 1.47 bits per heavy atom. The molecule has 1 rings (SSSR count). The molecule has 0 aliphatic carbocycles. The Balaban J connectivity index is 2.65. The number of benzene rings is 1. The van der Waals surface area contributed by atoms with Gasteiger partial charge in [0.25, 0.3) is 0 Å². The van der Waals surface area contributed by atoms with Crippen molar-refractivity contribution in [2.45, 2.75) is 74.1 Å². The topological polar surface area (TPSA) is 55.8 Å². The molecule has 1 amide bonds. The van der Waals surface area contributed by atoms with Gasteiger partial charge < -0.3 is 14.4 Å². The standard InChI is InChI=1S/C27H45NO4/c1-8-11-12-22-13-15-23(16-14-22)26(29)31-18-17-24(20(4)5)25(21(6)7)19-32-27(30)28(9-2)10-3/h13-16,20-21,24-25H,8-12,17-19H2,1-7H3. The van der Waals surface area contributed by atoms with E-state index in [4.69, 9.17) is 9.47 Å². The van der Waals surface area contributed by atoms with Crippen LogP contribution in [0.5, 0.6) is 0 Å². The predicted octanol–water partition coefficient (Wildman–Crippen LogP) is 6.60. The molecule has 2 atom stereocenters. The van der Waals surface area contributed by atoms with Crippen LogP contribution in [0.4, 0.5) is 4.79 Å². The van der Waals surface area contributed by atoms with Crippen molar-refractivity contribution in [1.29, 1.82) is 0 Å². The van der Waals surface area contributed by atoms with Gasteiger partial charge in [-0.25, -0.2) is 9.59 Å². The summed E-state index contributed by atoms with van der Waals surface area (Å²) in [6.07, 6.45) is 3.85. The zero-order chi connectivity index (χ0) is 24.1. The molecule has 0 aliphatic rings. The highest BCUT2D eigenvalue weighted by Gasteiger charge is 2.29. The molecule has 0 saturated carbocycles. The van der Waals surface area contributed by atoms with Gasteiger partial charge in [0.15, 0.2) is 0 Å². The third-order valence-corrected chi connectivity index (χ3v) is 6.38. The van der Waals surface area contributed by atoms with Gasteiger partial charge in [-0.1, -0.05) is 53.2 Å². The molecule has 2 unspecified atom stereocenters. The zero-order valence-electron chi connectivity index (χ0n) is 21.4. The van der Waals surface area contributed by atoms with Crippen molar-refractivity contribution < 1.29 is 19.1 Å². The molecule has 1 aromatic rings. The number of rotatable bonds is 14. The quantitative estimate of drug-likeness (QED) is 0.302. The van der Waals surface area contributed by atoms with E-state index in [1.165, 1.54) is 5.56 Å². The molecule has 32 heavy (non-hydrogen) atoms. The van der Waals surface area contributed by atoms with Crippen LogP contribution in [0.2, 0.25) is 0 Å². The predicted molar refractivity (Wildman–Crippen MR) is 131 cm³/mol. The third kappa shape index (κ3) is 9.22. The van der Waals surface area contributed by atoms with E-state index in [0.29, 0.717) is 49.6 Å². The molecule has 0 N–H and O–H groups in total. The van der Waals surface area contributed by atoms with Crippen molar-refractivity contribution >= 4 is 12.1 Å². The number of unbranched alkanes of at least 4 members (excludes halogenated alkanes) is 1. The number of carbonyl (C=O) groups excluding carboxylic acids is 2. The summed E-state index contributed by atoms with van der Waals surface area (Å²) in [5.74, 6) is 0.989. The SMILES string of the molecule is CCCCc1ccc(C(=O)OCCC(C(C)C)C(COC(=O)N(CC)CC)C(C)C)cc1. The summed E-state index contributed by atoms with van der Waals surface area (Å²) in [5.41, 5.74) is 1.85. The number of hydrogen-bond acceptors (Lipinski definition) is 4. The second kappa shape index (κ2) is 14.9. The third-order valence-electron chi connectivity index (χ3n) is 6.38. The maximum Gasteiger partial charge on any atom is 0.409 e. The monoisotopic (exact) mass is 447 g/mol. The minimum atomic E-state index is -0.274. The Labute approximate surface area is 195 Å². The Morgan fingerprint density at radius 3 is 1.97 bits per heavy atom. The molecule has 0 aromatic heterocycles.